The third-order valence-electron chi connectivity index (χ3n) is 5.86. The molecular formula is C24H20BrN5O6S2. The van der Waals surface area contributed by atoms with Gasteiger partial charge in [-0.2, -0.15) is 14.4 Å². The van der Waals surface area contributed by atoms with Gasteiger partial charge in [0.25, 0.3) is 5.91 Å². The van der Waals surface area contributed by atoms with E-state index in [-0.39, 0.29) is 21.4 Å². The molecule has 0 bridgehead atoms. The van der Waals surface area contributed by atoms with E-state index >= 15 is 0 Å². The van der Waals surface area contributed by atoms with Crippen LogP contribution in [-0.2, 0) is 10.0 Å². The Bertz CT molecular complexity index is 1640. The lowest BCUT2D eigenvalue weighted by molar-refractivity contribution is -0.402. The van der Waals surface area contributed by atoms with Crippen LogP contribution < -0.4 is 5.01 Å². The number of nitrogens with zero attached hydrogens (tertiary/aromatic N) is 5. The van der Waals surface area contributed by atoms with Crippen molar-refractivity contribution in [3.63, 3.8) is 0 Å². The van der Waals surface area contributed by atoms with Gasteiger partial charge in [0.05, 0.1) is 27.4 Å². The van der Waals surface area contributed by atoms with Gasteiger partial charge in [0.15, 0.2) is 5.76 Å². The second kappa shape index (κ2) is 10.7. The summed E-state index contributed by atoms with van der Waals surface area (Å²) in [6.07, 6.45) is 3.83. The van der Waals surface area contributed by atoms with Crippen molar-refractivity contribution < 1.29 is 22.6 Å². The summed E-state index contributed by atoms with van der Waals surface area (Å²) in [6.45, 7) is 0.953. The number of amides is 1. The number of benzene rings is 2. The number of fused-ring (bicyclic) bond motifs is 1. The Balaban J connectivity index is 1.47. The smallest absolute Gasteiger partial charge is 0.400 e. The number of sulfonamides is 1. The van der Waals surface area contributed by atoms with E-state index in [1.54, 1.807) is 6.07 Å². The van der Waals surface area contributed by atoms with E-state index in [1.165, 1.54) is 58.3 Å². The minimum Gasteiger partial charge on any atom is -0.400 e. The Hall–Kier alpha value is -3.46. The average Bonchev–Trinajstić information content (AvgIpc) is 3.56. The van der Waals surface area contributed by atoms with Crippen molar-refractivity contribution in [2.45, 2.75) is 24.2 Å². The molecule has 14 heteroatoms. The first-order valence-corrected chi connectivity index (χ1v) is 14.6. The average molecular weight is 618 g/mol. The molecule has 2 aromatic heterocycles. The number of rotatable bonds is 7. The van der Waals surface area contributed by atoms with E-state index in [1.807, 2.05) is 12.1 Å². The number of anilines is 1. The lowest BCUT2D eigenvalue weighted by atomic mass is 10.2. The lowest BCUT2D eigenvalue weighted by Crippen LogP contribution is -2.35. The molecule has 3 heterocycles. The highest BCUT2D eigenvalue weighted by molar-refractivity contribution is 9.10. The Morgan fingerprint density at radius 3 is 2.55 bits per heavy atom. The maximum Gasteiger partial charge on any atom is 0.433 e. The molecule has 1 fully saturated rings. The molecule has 196 valence electrons. The first-order valence-electron chi connectivity index (χ1n) is 11.5. The third kappa shape index (κ3) is 5.38. The molecule has 0 aliphatic carbocycles. The van der Waals surface area contributed by atoms with Crippen molar-refractivity contribution in [2.24, 2.45) is 5.10 Å². The fourth-order valence-corrected chi connectivity index (χ4v) is 6.93. The van der Waals surface area contributed by atoms with Gasteiger partial charge in [0.1, 0.15) is 4.92 Å². The zero-order valence-electron chi connectivity index (χ0n) is 19.7. The summed E-state index contributed by atoms with van der Waals surface area (Å²) in [4.78, 5) is 28.4. The predicted molar refractivity (Wildman–Crippen MR) is 146 cm³/mol. The van der Waals surface area contributed by atoms with Gasteiger partial charge in [-0.3, -0.25) is 14.9 Å². The molecule has 11 nitrogen and oxygen atoms in total. The zero-order valence-corrected chi connectivity index (χ0v) is 22.9. The summed E-state index contributed by atoms with van der Waals surface area (Å²) in [5, 5.41) is 16.5. The van der Waals surface area contributed by atoms with Crippen LogP contribution >= 0.6 is 27.3 Å². The van der Waals surface area contributed by atoms with Crippen LogP contribution in [0.15, 0.2) is 73.5 Å². The van der Waals surface area contributed by atoms with Crippen molar-refractivity contribution in [2.75, 3.05) is 18.1 Å². The van der Waals surface area contributed by atoms with Gasteiger partial charge < -0.3 is 4.42 Å². The van der Waals surface area contributed by atoms with Crippen LogP contribution in [0, 0.1) is 10.1 Å². The molecule has 5 rings (SSSR count). The van der Waals surface area contributed by atoms with Crippen LogP contribution in [0.5, 0.6) is 0 Å². The van der Waals surface area contributed by atoms with Crippen LogP contribution in [0.4, 0.5) is 11.0 Å². The van der Waals surface area contributed by atoms with Gasteiger partial charge in [0, 0.05) is 23.1 Å². The number of furan rings is 1. The Kier molecular flexibility index (Phi) is 7.38. The first-order chi connectivity index (χ1) is 18.2. The molecule has 1 saturated heterocycles. The van der Waals surface area contributed by atoms with Gasteiger partial charge in [-0.1, -0.05) is 33.7 Å². The number of hydrogen-bond donors (Lipinski definition) is 0. The molecule has 1 aliphatic rings. The highest BCUT2D eigenvalue weighted by atomic mass is 79.9. The minimum atomic E-state index is -3.65. The van der Waals surface area contributed by atoms with Gasteiger partial charge in [-0.15, -0.1) is 0 Å². The number of carbonyl (C=O) groups is 1. The molecule has 2 aromatic carbocycles. The second-order valence-corrected chi connectivity index (χ2v) is 12.3. The van der Waals surface area contributed by atoms with Crippen molar-refractivity contribution in [1.82, 2.24) is 9.29 Å². The first kappa shape index (κ1) is 26.2. The molecule has 38 heavy (non-hydrogen) atoms. The van der Waals surface area contributed by atoms with Crippen LogP contribution in [0.3, 0.4) is 0 Å². The summed E-state index contributed by atoms with van der Waals surface area (Å²) in [5.74, 6) is -0.955. The fourth-order valence-electron chi connectivity index (χ4n) is 3.94. The highest BCUT2D eigenvalue weighted by Crippen LogP contribution is 2.32. The third-order valence-corrected chi connectivity index (χ3v) is 9.26. The molecular weight excluding hydrogens is 598 g/mol. The van der Waals surface area contributed by atoms with Crippen molar-refractivity contribution >= 4 is 70.6 Å². The van der Waals surface area contributed by atoms with Crippen LogP contribution in [0.25, 0.3) is 10.2 Å². The Morgan fingerprint density at radius 1 is 1.13 bits per heavy atom. The Morgan fingerprint density at radius 2 is 1.87 bits per heavy atom. The van der Waals surface area contributed by atoms with Gasteiger partial charge in [-0.05, 0) is 61.4 Å². The van der Waals surface area contributed by atoms with E-state index in [4.69, 9.17) is 4.42 Å². The molecule has 0 radical (unpaired) electrons. The van der Waals surface area contributed by atoms with Gasteiger partial charge in [-0.25, -0.2) is 13.4 Å². The van der Waals surface area contributed by atoms with Gasteiger partial charge >= 0.3 is 5.88 Å². The quantitative estimate of drug-likeness (QED) is 0.153. The monoisotopic (exact) mass is 617 g/mol. The van der Waals surface area contributed by atoms with E-state index in [0.717, 1.165) is 33.4 Å². The van der Waals surface area contributed by atoms with Crippen LogP contribution in [-0.4, -0.2) is 47.8 Å². The molecule has 0 unspecified atom stereocenters. The normalized spacial score (nSPS) is 14.8. The second-order valence-electron chi connectivity index (χ2n) is 8.39. The molecule has 0 spiro atoms. The van der Waals surface area contributed by atoms with Crippen LogP contribution in [0.2, 0.25) is 0 Å². The summed E-state index contributed by atoms with van der Waals surface area (Å²) < 4.78 is 34.2. The number of piperidine rings is 1. The number of carbonyl (C=O) groups excluding carboxylic acids is 1. The minimum absolute atomic E-state index is 0.0707. The topological polar surface area (TPSA) is 139 Å². The number of thiazole rings is 1. The molecule has 0 N–H and O–H groups in total. The fraction of sp³-hybridized carbons (Fsp3) is 0.208. The summed E-state index contributed by atoms with van der Waals surface area (Å²) in [5.41, 5.74) is 0.836. The molecule has 0 saturated carbocycles. The summed E-state index contributed by atoms with van der Waals surface area (Å²) in [6, 6.07) is 13.7. The van der Waals surface area contributed by atoms with E-state index in [0.29, 0.717) is 18.6 Å². The highest BCUT2D eigenvalue weighted by Gasteiger charge is 2.27. The Labute approximate surface area is 229 Å². The number of halogens is 1. The number of nitro groups is 1. The summed E-state index contributed by atoms with van der Waals surface area (Å²) in [7, 11) is -3.65. The van der Waals surface area contributed by atoms with E-state index in [9.17, 15) is 23.3 Å². The maximum absolute atomic E-state index is 13.6. The number of aromatic nitrogens is 1. The van der Waals surface area contributed by atoms with Crippen molar-refractivity contribution in [1.29, 1.82) is 0 Å². The van der Waals surface area contributed by atoms with Crippen molar-refractivity contribution in [3.05, 3.63) is 80.5 Å². The van der Waals surface area contributed by atoms with Gasteiger partial charge in [0.2, 0.25) is 15.2 Å². The SMILES string of the molecule is O=C(c1ccc(S(=O)(=O)N2CCCCC2)cc1)N(/N=C/c1ccc([N+](=O)[O-])o1)c1nc2ccc(Br)cc2s1. The molecule has 1 amide bonds. The van der Waals surface area contributed by atoms with Crippen LogP contribution in [0.1, 0.15) is 35.4 Å². The molecule has 4 aromatic rings. The number of hydrogen-bond acceptors (Lipinski definition) is 9. The predicted octanol–water partition coefficient (Wildman–Crippen LogP) is 5.42. The molecule has 0 atom stereocenters. The maximum atomic E-state index is 13.6. The van der Waals surface area contributed by atoms with E-state index < -0.39 is 26.7 Å². The van der Waals surface area contributed by atoms with Crippen molar-refractivity contribution in [3.8, 4) is 0 Å². The van der Waals surface area contributed by atoms with E-state index in [2.05, 4.69) is 26.0 Å². The standard InChI is InChI=1S/C24H20BrN5O6S2/c25-17-6-10-20-21(14-17)37-24(27-20)29(26-15-18-7-11-22(36-18)30(32)33)23(31)16-4-8-19(9-5-16)38(34,35)28-12-2-1-3-13-28/h4-11,14-15H,1-3,12-13H2/b26-15+. The molecule has 1 aliphatic heterocycles. The lowest BCUT2D eigenvalue weighted by Gasteiger charge is -2.25. The zero-order chi connectivity index (χ0) is 26.9. The summed E-state index contributed by atoms with van der Waals surface area (Å²) >= 11 is 4.64. The number of hydrazone groups is 1. The largest absolute Gasteiger partial charge is 0.433 e.